The molecule has 0 bridgehead atoms. The third-order valence-corrected chi connectivity index (χ3v) is 6.36. The van der Waals surface area contributed by atoms with Crippen LogP contribution in [0.4, 0.5) is 0 Å². The van der Waals surface area contributed by atoms with Gasteiger partial charge in [-0.25, -0.2) is 0 Å². The molecule has 7 heteroatoms. The molecule has 1 atom stereocenters. The predicted molar refractivity (Wildman–Crippen MR) is 146 cm³/mol. The summed E-state index contributed by atoms with van der Waals surface area (Å²) in [5, 5.41) is 2.78. The first-order valence-electron chi connectivity index (χ1n) is 12.5. The average molecular weight is 504 g/mol. The first-order chi connectivity index (χ1) is 17.8. The van der Waals surface area contributed by atoms with E-state index in [1.807, 2.05) is 87.5 Å². The van der Waals surface area contributed by atoms with Crippen molar-refractivity contribution in [3.05, 3.63) is 100 Å². The zero-order chi connectivity index (χ0) is 26.8. The SMILES string of the molecule is Cc1cc(C(=O)N(C)CC(=O)NCCOCCOc2ccc(C(N)c3ccccc3)cc2)cc(C)c1C. The highest BCUT2D eigenvalue weighted by atomic mass is 16.5. The number of hydrogen-bond acceptors (Lipinski definition) is 5. The Balaban J connectivity index is 1.30. The minimum atomic E-state index is -0.231. The van der Waals surface area contributed by atoms with Crippen molar-refractivity contribution in [1.82, 2.24) is 10.2 Å². The van der Waals surface area contributed by atoms with Gasteiger partial charge < -0.3 is 25.4 Å². The van der Waals surface area contributed by atoms with E-state index in [1.54, 1.807) is 7.05 Å². The largest absolute Gasteiger partial charge is 0.491 e. The van der Waals surface area contributed by atoms with Gasteiger partial charge in [0.15, 0.2) is 0 Å². The van der Waals surface area contributed by atoms with Gasteiger partial charge in [-0.05, 0) is 72.9 Å². The first-order valence-corrected chi connectivity index (χ1v) is 12.5. The molecule has 0 saturated carbocycles. The Kier molecular flexibility index (Phi) is 10.2. The molecule has 3 aromatic rings. The summed E-state index contributed by atoms with van der Waals surface area (Å²) in [6.45, 7) is 7.48. The zero-order valence-corrected chi connectivity index (χ0v) is 22.1. The number of nitrogens with two attached hydrogens (primary N) is 1. The molecule has 0 radical (unpaired) electrons. The second-order valence-electron chi connectivity index (χ2n) is 9.16. The van der Waals surface area contributed by atoms with Gasteiger partial charge in [0.1, 0.15) is 12.4 Å². The first kappa shape index (κ1) is 27.9. The van der Waals surface area contributed by atoms with Gasteiger partial charge >= 0.3 is 0 Å². The van der Waals surface area contributed by atoms with Crippen LogP contribution >= 0.6 is 0 Å². The number of carbonyl (C=O) groups excluding carboxylic acids is 2. The van der Waals surface area contributed by atoms with Crippen molar-refractivity contribution in [1.29, 1.82) is 0 Å². The second kappa shape index (κ2) is 13.6. The van der Waals surface area contributed by atoms with E-state index in [2.05, 4.69) is 5.32 Å². The van der Waals surface area contributed by atoms with Gasteiger partial charge in [0, 0.05) is 19.2 Å². The summed E-state index contributed by atoms with van der Waals surface area (Å²) < 4.78 is 11.3. The fourth-order valence-electron chi connectivity index (χ4n) is 3.93. The molecule has 2 amide bonds. The Hall–Kier alpha value is -3.68. The van der Waals surface area contributed by atoms with Gasteiger partial charge in [0.2, 0.25) is 5.91 Å². The minimum absolute atomic E-state index is 0.0160. The van der Waals surface area contributed by atoms with Crippen molar-refractivity contribution in [2.45, 2.75) is 26.8 Å². The number of nitrogens with zero attached hydrogens (tertiary/aromatic N) is 1. The molecule has 3 N–H and O–H groups in total. The summed E-state index contributed by atoms with van der Waals surface area (Å²) in [6.07, 6.45) is 0. The molecule has 3 rings (SSSR count). The van der Waals surface area contributed by atoms with Crippen LogP contribution in [0.1, 0.15) is 44.2 Å². The summed E-state index contributed by atoms with van der Waals surface area (Å²) in [5.41, 5.74) is 12.3. The predicted octanol–water partition coefficient (Wildman–Crippen LogP) is 3.94. The minimum Gasteiger partial charge on any atom is -0.491 e. The van der Waals surface area contributed by atoms with Crippen LogP contribution in [0.5, 0.6) is 5.75 Å². The molecule has 196 valence electrons. The molecule has 0 aliphatic rings. The molecule has 0 spiro atoms. The van der Waals surface area contributed by atoms with Gasteiger partial charge in [-0.2, -0.15) is 0 Å². The molecule has 0 fully saturated rings. The van der Waals surface area contributed by atoms with E-state index in [0.29, 0.717) is 31.9 Å². The van der Waals surface area contributed by atoms with Crippen LogP contribution in [0.3, 0.4) is 0 Å². The van der Waals surface area contributed by atoms with Gasteiger partial charge in [0.05, 0.1) is 25.8 Å². The van der Waals surface area contributed by atoms with E-state index in [4.69, 9.17) is 15.2 Å². The van der Waals surface area contributed by atoms with Gasteiger partial charge in [0.25, 0.3) is 5.91 Å². The number of rotatable bonds is 12. The smallest absolute Gasteiger partial charge is 0.254 e. The molecule has 0 aromatic heterocycles. The quantitative estimate of drug-likeness (QED) is 0.365. The number of hydrogen-bond donors (Lipinski definition) is 2. The van der Waals surface area contributed by atoms with Crippen LogP contribution in [0, 0.1) is 20.8 Å². The summed E-state index contributed by atoms with van der Waals surface area (Å²) >= 11 is 0. The summed E-state index contributed by atoms with van der Waals surface area (Å²) in [4.78, 5) is 26.3. The zero-order valence-electron chi connectivity index (χ0n) is 22.1. The van der Waals surface area contributed by atoms with Crippen molar-refractivity contribution >= 4 is 11.8 Å². The number of benzene rings is 3. The monoisotopic (exact) mass is 503 g/mol. The topological polar surface area (TPSA) is 93.9 Å². The van der Waals surface area contributed by atoms with Crippen LogP contribution < -0.4 is 15.8 Å². The highest BCUT2D eigenvalue weighted by molar-refractivity contribution is 5.96. The molecular weight excluding hydrogens is 466 g/mol. The molecule has 3 aromatic carbocycles. The third-order valence-electron chi connectivity index (χ3n) is 6.36. The average Bonchev–Trinajstić information content (AvgIpc) is 2.90. The molecule has 7 nitrogen and oxygen atoms in total. The van der Waals surface area contributed by atoms with Crippen molar-refractivity contribution in [2.75, 3.05) is 40.0 Å². The lowest BCUT2D eigenvalue weighted by atomic mass is 10.00. The van der Waals surface area contributed by atoms with E-state index >= 15 is 0 Å². The number of amides is 2. The van der Waals surface area contributed by atoms with Crippen molar-refractivity contribution in [3.8, 4) is 5.75 Å². The fourth-order valence-corrected chi connectivity index (χ4v) is 3.93. The van der Waals surface area contributed by atoms with E-state index in [0.717, 1.165) is 28.0 Å². The lowest BCUT2D eigenvalue weighted by Crippen LogP contribution is -2.39. The number of likely N-dealkylation sites (N-methyl/N-ethyl adjacent to an activating group) is 1. The molecule has 37 heavy (non-hydrogen) atoms. The maximum Gasteiger partial charge on any atom is 0.254 e. The second-order valence-corrected chi connectivity index (χ2v) is 9.16. The highest BCUT2D eigenvalue weighted by Gasteiger charge is 2.16. The Morgan fingerprint density at radius 2 is 1.51 bits per heavy atom. The molecular formula is C30H37N3O4. The Bertz CT molecular complexity index is 1160. The van der Waals surface area contributed by atoms with Crippen LogP contribution in [0.2, 0.25) is 0 Å². The van der Waals surface area contributed by atoms with Crippen LogP contribution in [-0.4, -0.2) is 56.7 Å². The summed E-state index contributed by atoms with van der Waals surface area (Å²) in [5.74, 6) is 0.336. The Morgan fingerprint density at radius 1 is 0.892 bits per heavy atom. The van der Waals surface area contributed by atoms with E-state index in [-0.39, 0.29) is 24.4 Å². The van der Waals surface area contributed by atoms with Crippen molar-refractivity contribution in [2.24, 2.45) is 5.73 Å². The van der Waals surface area contributed by atoms with E-state index in [9.17, 15) is 9.59 Å². The Labute approximate surface area is 219 Å². The van der Waals surface area contributed by atoms with Crippen molar-refractivity contribution in [3.63, 3.8) is 0 Å². The lowest BCUT2D eigenvalue weighted by Gasteiger charge is -2.18. The fraction of sp³-hybridized carbons (Fsp3) is 0.333. The van der Waals surface area contributed by atoms with E-state index < -0.39 is 0 Å². The highest BCUT2D eigenvalue weighted by Crippen LogP contribution is 2.22. The molecule has 0 saturated heterocycles. The number of aryl methyl sites for hydroxylation is 2. The van der Waals surface area contributed by atoms with Crippen LogP contribution in [-0.2, 0) is 9.53 Å². The number of carbonyl (C=O) groups is 2. The number of nitrogens with one attached hydrogen (secondary N) is 1. The third kappa shape index (κ3) is 8.17. The molecule has 0 aliphatic heterocycles. The lowest BCUT2D eigenvalue weighted by molar-refractivity contribution is -0.121. The normalized spacial score (nSPS) is 11.6. The molecule has 1 unspecified atom stereocenters. The standard InChI is InChI=1S/C30H37N3O4/c1-21-18-26(19-22(2)23(21)3)30(35)33(4)20-28(34)32-14-15-36-16-17-37-27-12-10-25(11-13-27)29(31)24-8-6-5-7-9-24/h5-13,18-19,29H,14-17,20,31H2,1-4H3,(H,32,34). The maximum absolute atomic E-state index is 12.7. The van der Waals surface area contributed by atoms with Gasteiger partial charge in [-0.15, -0.1) is 0 Å². The van der Waals surface area contributed by atoms with Gasteiger partial charge in [-0.3, -0.25) is 9.59 Å². The van der Waals surface area contributed by atoms with Crippen LogP contribution in [0.25, 0.3) is 0 Å². The van der Waals surface area contributed by atoms with Crippen molar-refractivity contribution < 1.29 is 19.1 Å². The molecule has 0 heterocycles. The Morgan fingerprint density at radius 3 is 2.16 bits per heavy atom. The maximum atomic E-state index is 12.7. The molecule has 0 aliphatic carbocycles. The number of ether oxygens (including phenoxy) is 2. The van der Waals surface area contributed by atoms with Gasteiger partial charge in [-0.1, -0.05) is 42.5 Å². The summed E-state index contributed by atoms with van der Waals surface area (Å²) in [6, 6.07) is 21.2. The van der Waals surface area contributed by atoms with E-state index in [1.165, 1.54) is 10.5 Å². The van der Waals surface area contributed by atoms with Crippen LogP contribution in [0.15, 0.2) is 66.7 Å². The summed E-state index contributed by atoms with van der Waals surface area (Å²) in [7, 11) is 1.63.